The summed E-state index contributed by atoms with van der Waals surface area (Å²) < 4.78 is 45.0. The van der Waals surface area contributed by atoms with Crippen LogP contribution in [0.25, 0.3) is 0 Å². The summed E-state index contributed by atoms with van der Waals surface area (Å²) in [5, 5.41) is 2.66. The van der Waals surface area contributed by atoms with E-state index in [1.807, 2.05) is 0 Å². The van der Waals surface area contributed by atoms with E-state index in [2.05, 4.69) is 5.32 Å². The first-order valence-corrected chi connectivity index (χ1v) is 9.64. The van der Waals surface area contributed by atoms with Crippen LogP contribution >= 0.6 is 11.6 Å². The second-order valence-electron chi connectivity index (χ2n) is 5.62. The maximum Gasteiger partial charge on any atom is 0.255 e. The Bertz CT molecular complexity index is 913. The number of anilines is 1. The molecule has 1 aliphatic rings. The molecule has 0 aromatic heterocycles. The van der Waals surface area contributed by atoms with Gasteiger partial charge in [-0.2, -0.15) is 4.31 Å². The Kier molecular flexibility index (Phi) is 5.57. The van der Waals surface area contributed by atoms with Gasteiger partial charge in [0.15, 0.2) is 0 Å². The highest BCUT2D eigenvalue weighted by atomic mass is 35.5. The second kappa shape index (κ2) is 7.71. The van der Waals surface area contributed by atoms with Gasteiger partial charge < -0.3 is 10.1 Å². The van der Waals surface area contributed by atoms with Crippen molar-refractivity contribution in [2.45, 2.75) is 4.90 Å². The van der Waals surface area contributed by atoms with Crippen molar-refractivity contribution in [3.63, 3.8) is 0 Å². The van der Waals surface area contributed by atoms with Gasteiger partial charge in [0.05, 0.1) is 18.2 Å². The van der Waals surface area contributed by atoms with Crippen LogP contribution in [0.1, 0.15) is 10.4 Å². The van der Waals surface area contributed by atoms with Crippen LogP contribution in [0.5, 0.6) is 0 Å². The van der Waals surface area contributed by atoms with E-state index >= 15 is 0 Å². The van der Waals surface area contributed by atoms with Crippen LogP contribution in [0.4, 0.5) is 10.1 Å². The molecule has 6 nitrogen and oxygen atoms in total. The molecule has 3 rings (SSSR count). The lowest BCUT2D eigenvalue weighted by Crippen LogP contribution is -2.40. The smallest absolute Gasteiger partial charge is 0.255 e. The fourth-order valence-electron chi connectivity index (χ4n) is 2.51. The van der Waals surface area contributed by atoms with Gasteiger partial charge in [-0.05, 0) is 42.5 Å². The topological polar surface area (TPSA) is 75.7 Å². The van der Waals surface area contributed by atoms with E-state index in [-0.39, 0.29) is 34.3 Å². The van der Waals surface area contributed by atoms with E-state index in [0.29, 0.717) is 13.2 Å². The SMILES string of the molecule is O=C(Nc1ccc(Cl)c(S(=O)(=O)N2CCOCC2)c1)c1ccc(F)cc1. The van der Waals surface area contributed by atoms with Gasteiger partial charge in [0.2, 0.25) is 10.0 Å². The minimum atomic E-state index is -3.80. The molecular weight excluding hydrogens is 383 g/mol. The van der Waals surface area contributed by atoms with Crippen LogP contribution < -0.4 is 5.32 Å². The average Bonchev–Trinajstić information content (AvgIpc) is 2.64. The summed E-state index contributed by atoms with van der Waals surface area (Å²) in [5.74, 6) is -0.936. The van der Waals surface area contributed by atoms with E-state index < -0.39 is 21.7 Å². The molecule has 0 radical (unpaired) electrons. The minimum absolute atomic E-state index is 0.0660. The minimum Gasteiger partial charge on any atom is -0.379 e. The monoisotopic (exact) mass is 398 g/mol. The Balaban J connectivity index is 1.85. The highest BCUT2D eigenvalue weighted by Gasteiger charge is 2.28. The first-order valence-electron chi connectivity index (χ1n) is 7.82. The Morgan fingerprint density at radius 1 is 1.12 bits per heavy atom. The molecule has 1 heterocycles. The summed E-state index contributed by atoms with van der Waals surface area (Å²) in [6, 6.07) is 9.25. The van der Waals surface area contributed by atoms with Crippen molar-refractivity contribution in [3.05, 3.63) is 58.9 Å². The number of morpholine rings is 1. The molecule has 0 atom stereocenters. The molecule has 1 fully saturated rings. The first kappa shape index (κ1) is 18.8. The number of ether oxygens (including phenoxy) is 1. The summed E-state index contributed by atoms with van der Waals surface area (Å²) in [6.07, 6.45) is 0. The molecule has 138 valence electrons. The zero-order valence-electron chi connectivity index (χ0n) is 13.6. The highest BCUT2D eigenvalue weighted by Crippen LogP contribution is 2.28. The Hall–Kier alpha value is -2.00. The number of nitrogens with zero attached hydrogens (tertiary/aromatic N) is 1. The van der Waals surface area contributed by atoms with Crippen molar-refractivity contribution >= 4 is 33.2 Å². The third-order valence-electron chi connectivity index (χ3n) is 3.88. The van der Waals surface area contributed by atoms with Crippen LogP contribution in [-0.4, -0.2) is 44.9 Å². The van der Waals surface area contributed by atoms with Crippen molar-refractivity contribution in [2.75, 3.05) is 31.6 Å². The third-order valence-corrected chi connectivity index (χ3v) is 6.26. The molecule has 1 aliphatic heterocycles. The molecule has 1 N–H and O–H groups in total. The van der Waals surface area contributed by atoms with E-state index in [1.165, 1.54) is 46.8 Å². The molecule has 26 heavy (non-hydrogen) atoms. The summed E-state index contributed by atoms with van der Waals surface area (Å²) in [7, 11) is -3.80. The van der Waals surface area contributed by atoms with Gasteiger partial charge in [-0.15, -0.1) is 0 Å². The van der Waals surface area contributed by atoms with Crippen LogP contribution in [0, 0.1) is 5.82 Å². The molecule has 9 heteroatoms. The van der Waals surface area contributed by atoms with Gasteiger partial charge in [-0.1, -0.05) is 11.6 Å². The Morgan fingerprint density at radius 2 is 1.77 bits per heavy atom. The number of benzene rings is 2. The third kappa shape index (κ3) is 4.04. The fourth-order valence-corrected chi connectivity index (χ4v) is 4.42. The first-order chi connectivity index (χ1) is 12.4. The quantitative estimate of drug-likeness (QED) is 0.859. The van der Waals surface area contributed by atoms with Gasteiger partial charge >= 0.3 is 0 Å². The molecule has 0 saturated carbocycles. The lowest BCUT2D eigenvalue weighted by atomic mass is 10.2. The van der Waals surface area contributed by atoms with E-state index in [4.69, 9.17) is 16.3 Å². The predicted octanol–water partition coefficient (Wildman–Crippen LogP) is 2.75. The second-order valence-corrected chi connectivity index (χ2v) is 7.94. The largest absolute Gasteiger partial charge is 0.379 e. The number of rotatable bonds is 4. The van der Waals surface area contributed by atoms with Gasteiger partial charge in [-0.3, -0.25) is 4.79 Å². The lowest BCUT2D eigenvalue weighted by molar-refractivity contribution is 0.0730. The van der Waals surface area contributed by atoms with Crippen LogP contribution in [-0.2, 0) is 14.8 Å². The fraction of sp³-hybridized carbons (Fsp3) is 0.235. The zero-order chi connectivity index (χ0) is 18.7. The molecule has 1 amide bonds. The number of carbonyl (C=O) groups excluding carboxylic acids is 1. The normalized spacial score (nSPS) is 15.6. The molecule has 0 spiro atoms. The standard InChI is InChI=1S/C17H16ClFN2O4S/c18-15-6-5-14(20-17(22)12-1-3-13(19)4-2-12)11-16(15)26(23,24)21-7-9-25-10-8-21/h1-6,11H,7-10H2,(H,20,22). The van der Waals surface area contributed by atoms with E-state index in [0.717, 1.165) is 0 Å². The summed E-state index contributed by atoms with van der Waals surface area (Å²) in [5.41, 5.74) is 0.523. The molecule has 0 bridgehead atoms. The van der Waals surface area contributed by atoms with Crippen LogP contribution in [0.3, 0.4) is 0 Å². The summed E-state index contributed by atoms with van der Waals surface area (Å²) in [6.45, 7) is 1.12. The zero-order valence-corrected chi connectivity index (χ0v) is 15.2. The summed E-state index contributed by atoms with van der Waals surface area (Å²) in [4.78, 5) is 12.1. The van der Waals surface area contributed by atoms with Gasteiger partial charge in [-0.25, -0.2) is 12.8 Å². The van der Waals surface area contributed by atoms with E-state index in [9.17, 15) is 17.6 Å². The van der Waals surface area contributed by atoms with Gasteiger partial charge in [0, 0.05) is 24.3 Å². The molecular formula is C17H16ClFN2O4S. The number of halogens is 2. The maximum atomic E-state index is 13.0. The Morgan fingerprint density at radius 3 is 2.42 bits per heavy atom. The summed E-state index contributed by atoms with van der Waals surface area (Å²) >= 11 is 6.08. The number of hydrogen-bond acceptors (Lipinski definition) is 4. The van der Waals surface area contributed by atoms with Crippen molar-refractivity contribution in [3.8, 4) is 0 Å². The highest BCUT2D eigenvalue weighted by molar-refractivity contribution is 7.89. The van der Waals surface area contributed by atoms with Crippen molar-refractivity contribution < 1.29 is 22.3 Å². The molecule has 0 unspecified atom stereocenters. The van der Waals surface area contributed by atoms with Crippen LogP contribution in [0.15, 0.2) is 47.4 Å². The number of hydrogen-bond donors (Lipinski definition) is 1. The lowest BCUT2D eigenvalue weighted by Gasteiger charge is -2.26. The van der Waals surface area contributed by atoms with Crippen LogP contribution in [0.2, 0.25) is 5.02 Å². The number of amides is 1. The molecule has 2 aromatic rings. The maximum absolute atomic E-state index is 13.0. The number of nitrogens with one attached hydrogen (secondary N) is 1. The van der Waals surface area contributed by atoms with Crippen molar-refractivity contribution in [2.24, 2.45) is 0 Å². The van der Waals surface area contributed by atoms with Gasteiger partial charge in [0.1, 0.15) is 10.7 Å². The van der Waals surface area contributed by atoms with Crippen molar-refractivity contribution in [1.29, 1.82) is 0 Å². The molecule has 2 aromatic carbocycles. The van der Waals surface area contributed by atoms with Gasteiger partial charge in [0.25, 0.3) is 5.91 Å². The average molecular weight is 399 g/mol. The number of sulfonamides is 1. The Labute approximate surface area is 155 Å². The molecule has 1 saturated heterocycles. The predicted molar refractivity (Wildman–Crippen MR) is 95.4 cm³/mol. The van der Waals surface area contributed by atoms with E-state index in [1.54, 1.807) is 0 Å². The van der Waals surface area contributed by atoms with Crippen molar-refractivity contribution in [1.82, 2.24) is 4.31 Å². The number of carbonyl (C=O) groups is 1. The molecule has 0 aliphatic carbocycles.